The van der Waals surface area contributed by atoms with Crippen LogP contribution in [0.2, 0.25) is 0 Å². The Kier molecular flexibility index (Phi) is 4.04. The number of rotatable bonds is 3. The number of carbonyl (C=O) groups is 1. The molecule has 0 unspecified atom stereocenters. The highest BCUT2D eigenvalue weighted by molar-refractivity contribution is 14.1. The normalized spacial score (nSPS) is 20.1. The molecule has 0 heterocycles. The fourth-order valence-electron chi connectivity index (χ4n) is 2.80. The highest BCUT2D eigenvalue weighted by Gasteiger charge is 2.64. The van der Waals surface area contributed by atoms with Crippen LogP contribution in [0.15, 0.2) is 22.7 Å². The second-order valence-corrected chi connectivity index (χ2v) is 8.41. The monoisotopic (exact) mass is 435 g/mol. The van der Waals surface area contributed by atoms with Crippen molar-refractivity contribution in [3.63, 3.8) is 0 Å². The van der Waals surface area contributed by atoms with Crippen molar-refractivity contribution in [1.29, 1.82) is 0 Å². The van der Waals surface area contributed by atoms with Crippen molar-refractivity contribution in [2.45, 2.75) is 27.7 Å². The molecule has 1 N–H and O–H groups in total. The zero-order valence-electron chi connectivity index (χ0n) is 11.7. The summed E-state index contributed by atoms with van der Waals surface area (Å²) in [7, 11) is 0. The van der Waals surface area contributed by atoms with Crippen LogP contribution in [0.1, 0.15) is 38.1 Å². The lowest BCUT2D eigenvalue weighted by atomic mass is 10.0. The molecule has 0 bridgehead atoms. The Morgan fingerprint density at radius 1 is 1.32 bits per heavy atom. The minimum atomic E-state index is 0.0178. The van der Waals surface area contributed by atoms with Gasteiger partial charge in [-0.15, -0.1) is 0 Å². The Morgan fingerprint density at radius 3 is 2.42 bits per heavy atom. The average molecular weight is 436 g/mol. The molecule has 1 fully saturated rings. The van der Waals surface area contributed by atoms with Crippen molar-refractivity contribution in [2.75, 3.05) is 6.54 Å². The summed E-state index contributed by atoms with van der Waals surface area (Å²) in [5, 5.41) is 3.08. The lowest BCUT2D eigenvalue weighted by Crippen LogP contribution is -2.27. The van der Waals surface area contributed by atoms with Crippen LogP contribution >= 0.6 is 38.5 Å². The fraction of sp³-hybridized carbons (Fsp3) is 0.533. The summed E-state index contributed by atoms with van der Waals surface area (Å²) >= 11 is 5.61. The molecule has 1 aromatic carbocycles. The van der Waals surface area contributed by atoms with E-state index >= 15 is 0 Å². The van der Waals surface area contributed by atoms with E-state index in [0.29, 0.717) is 16.7 Å². The zero-order valence-corrected chi connectivity index (χ0v) is 15.4. The molecule has 0 aromatic heterocycles. The van der Waals surface area contributed by atoms with Gasteiger partial charge >= 0.3 is 0 Å². The van der Waals surface area contributed by atoms with Crippen LogP contribution in [0, 0.1) is 20.3 Å². The summed E-state index contributed by atoms with van der Waals surface area (Å²) < 4.78 is 1.91. The van der Waals surface area contributed by atoms with Crippen molar-refractivity contribution in [2.24, 2.45) is 16.7 Å². The van der Waals surface area contributed by atoms with Gasteiger partial charge in [-0.1, -0.05) is 43.6 Å². The quantitative estimate of drug-likeness (QED) is 0.697. The van der Waals surface area contributed by atoms with Gasteiger partial charge in [-0.2, -0.15) is 0 Å². The first-order valence-electron chi connectivity index (χ1n) is 6.41. The van der Waals surface area contributed by atoms with Crippen LogP contribution in [0.4, 0.5) is 0 Å². The van der Waals surface area contributed by atoms with E-state index in [0.717, 1.165) is 20.2 Å². The Balaban J connectivity index is 2.02. The molecule has 19 heavy (non-hydrogen) atoms. The van der Waals surface area contributed by atoms with Crippen LogP contribution in [-0.2, 0) is 0 Å². The third-order valence-corrected chi connectivity index (χ3v) is 6.39. The molecule has 0 aliphatic heterocycles. The number of amides is 1. The zero-order chi connectivity index (χ0) is 14.4. The number of hydrogen-bond donors (Lipinski definition) is 1. The molecule has 1 amide bonds. The van der Waals surface area contributed by atoms with Gasteiger partial charge in [-0.3, -0.25) is 4.79 Å². The van der Waals surface area contributed by atoms with Crippen LogP contribution in [0.25, 0.3) is 0 Å². The maximum Gasteiger partial charge on any atom is 0.252 e. The van der Waals surface area contributed by atoms with Gasteiger partial charge < -0.3 is 5.32 Å². The second-order valence-electron chi connectivity index (χ2n) is 6.33. The summed E-state index contributed by atoms with van der Waals surface area (Å²) in [6, 6.07) is 5.77. The maximum absolute atomic E-state index is 12.2. The number of nitrogens with one attached hydrogen (secondary N) is 1. The van der Waals surface area contributed by atoms with Crippen LogP contribution in [0.5, 0.6) is 0 Å². The first-order chi connectivity index (χ1) is 8.68. The number of halogens is 2. The molecule has 1 aliphatic rings. The first-order valence-corrected chi connectivity index (χ1v) is 8.28. The van der Waals surface area contributed by atoms with Gasteiger partial charge in [0.25, 0.3) is 5.91 Å². The SMILES string of the molecule is CC1(C)C(CNC(=O)c2cc(Br)ccc2I)C1(C)C. The van der Waals surface area contributed by atoms with Crippen LogP contribution in [0.3, 0.4) is 0 Å². The van der Waals surface area contributed by atoms with Crippen molar-refractivity contribution >= 4 is 44.4 Å². The fourth-order valence-corrected chi connectivity index (χ4v) is 3.75. The van der Waals surface area contributed by atoms with Gasteiger partial charge in [0.15, 0.2) is 0 Å². The smallest absolute Gasteiger partial charge is 0.252 e. The summed E-state index contributed by atoms with van der Waals surface area (Å²) in [5.41, 5.74) is 1.36. The third-order valence-electron chi connectivity index (χ3n) is 4.96. The molecule has 0 atom stereocenters. The van der Waals surface area contributed by atoms with Gasteiger partial charge in [0.05, 0.1) is 5.56 Å². The first kappa shape index (κ1) is 15.3. The second kappa shape index (κ2) is 5.02. The lowest BCUT2D eigenvalue weighted by molar-refractivity contribution is 0.0949. The van der Waals surface area contributed by atoms with Gasteiger partial charge in [0.2, 0.25) is 0 Å². The van der Waals surface area contributed by atoms with Gasteiger partial charge in [-0.25, -0.2) is 0 Å². The van der Waals surface area contributed by atoms with Gasteiger partial charge in [0, 0.05) is 14.6 Å². The molecule has 0 radical (unpaired) electrons. The number of hydrogen-bond acceptors (Lipinski definition) is 1. The standard InChI is InChI=1S/C15H19BrINO/c1-14(2)12(15(14,3)4)8-18-13(19)10-7-9(16)5-6-11(10)17/h5-7,12H,8H2,1-4H3,(H,18,19). The largest absolute Gasteiger partial charge is 0.352 e. The highest BCUT2D eigenvalue weighted by Crippen LogP contribution is 2.67. The van der Waals surface area contributed by atoms with E-state index in [1.165, 1.54) is 0 Å². The van der Waals surface area contributed by atoms with E-state index < -0.39 is 0 Å². The van der Waals surface area contributed by atoms with Gasteiger partial charge in [0.1, 0.15) is 0 Å². The molecule has 2 nitrogen and oxygen atoms in total. The van der Waals surface area contributed by atoms with Crippen LogP contribution in [-0.4, -0.2) is 12.5 Å². The average Bonchev–Trinajstić information content (AvgIpc) is 2.70. The van der Waals surface area contributed by atoms with Gasteiger partial charge in [-0.05, 0) is 57.5 Å². The van der Waals surface area contributed by atoms with E-state index in [4.69, 9.17) is 0 Å². The maximum atomic E-state index is 12.2. The van der Waals surface area contributed by atoms with Crippen molar-refractivity contribution in [3.05, 3.63) is 31.8 Å². The Labute approximate surface area is 137 Å². The van der Waals surface area contributed by atoms with E-state index in [2.05, 4.69) is 71.5 Å². The molecule has 104 valence electrons. The van der Waals surface area contributed by atoms with Crippen molar-refractivity contribution < 1.29 is 4.79 Å². The minimum Gasteiger partial charge on any atom is -0.352 e. The molecule has 1 aromatic rings. The molecule has 1 aliphatic carbocycles. The highest BCUT2D eigenvalue weighted by atomic mass is 127. The molecule has 4 heteroatoms. The molecule has 0 spiro atoms. The Hall–Kier alpha value is -0.100. The van der Waals surface area contributed by atoms with E-state index in [1.807, 2.05) is 18.2 Å². The van der Waals surface area contributed by atoms with Crippen molar-refractivity contribution in [3.8, 4) is 0 Å². The van der Waals surface area contributed by atoms with Crippen molar-refractivity contribution in [1.82, 2.24) is 5.32 Å². The van der Waals surface area contributed by atoms with E-state index in [9.17, 15) is 4.79 Å². The summed E-state index contributed by atoms with van der Waals surface area (Å²) in [6.45, 7) is 9.83. The molecule has 0 saturated heterocycles. The molecular weight excluding hydrogens is 417 g/mol. The lowest BCUT2D eigenvalue weighted by Gasteiger charge is -2.08. The predicted octanol–water partition coefficient (Wildman–Crippen LogP) is 4.47. The van der Waals surface area contributed by atoms with E-state index in [-0.39, 0.29) is 5.91 Å². The molecule has 2 rings (SSSR count). The summed E-state index contributed by atoms with van der Waals surface area (Å²) in [6.07, 6.45) is 0. The minimum absolute atomic E-state index is 0.0178. The topological polar surface area (TPSA) is 29.1 Å². The Morgan fingerprint density at radius 2 is 1.89 bits per heavy atom. The Bertz CT molecular complexity index is 511. The molecular formula is C15H19BrINO. The summed E-state index contributed by atoms with van der Waals surface area (Å²) in [5.74, 6) is 0.568. The van der Waals surface area contributed by atoms with Crippen LogP contribution < -0.4 is 5.32 Å². The molecule has 1 saturated carbocycles. The van der Waals surface area contributed by atoms with E-state index in [1.54, 1.807) is 0 Å². The number of benzene rings is 1. The predicted molar refractivity (Wildman–Crippen MR) is 90.2 cm³/mol. The third kappa shape index (κ3) is 2.71. The number of carbonyl (C=O) groups excluding carboxylic acids is 1. The summed E-state index contributed by atoms with van der Waals surface area (Å²) in [4.78, 5) is 12.2.